The molecule has 0 bridgehead atoms. The number of unbranched alkanes of at least 4 members (excludes halogenated alkanes) is 1. The van der Waals surface area contributed by atoms with Crippen molar-refractivity contribution in [3.05, 3.63) is 0 Å². The second kappa shape index (κ2) is 11.5. The quantitative estimate of drug-likeness (QED) is 0.507. The Kier molecular flexibility index (Phi) is 11.5. The van der Waals surface area contributed by atoms with E-state index in [9.17, 15) is 5.11 Å². The van der Waals surface area contributed by atoms with E-state index in [4.69, 9.17) is 4.74 Å². The molecule has 0 rings (SSSR count). The standard InChI is InChI=1S/C17H37NO2/c1-6-8-10-16(7-2)13-20-12-9-11-17(5,14-19)18-15(3)4/h15-16,18-19H,6-14H2,1-5H3. The minimum atomic E-state index is -0.177. The summed E-state index contributed by atoms with van der Waals surface area (Å²) in [6, 6.07) is 0.395. The smallest absolute Gasteiger partial charge is 0.0610 e. The molecule has 20 heavy (non-hydrogen) atoms. The van der Waals surface area contributed by atoms with Gasteiger partial charge in [0, 0.05) is 24.8 Å². The van der Waals surface area contributed by atoms with Gasteiger partial charge in [-0.15, -0.1) is 0 Å². The summed E-state index contributed by atoms with van der Waals surface area (Å²) in [6.45, 7) is 12.7. The molecule has 0 aliphatic rings. The van der Waals surface area contributed by atoms with Crippen LogP contribution in [0.4, 0.5) is 0 Å². The summed E-state index contributed by atoms with van der Waals surface area (Å²) < 4.78 is 5.82. The zero-order valence-corrected chi connectivity index (χ0v) is 14.4. The number of hydrogen-bond donors (Lipinski definition) is 2. The summed E-state index contributed by atoms with van der Waals surface area (Å²) in [5.41, 5.74) is -0.177. The molecule has 0 aliphatic heterocycles. The van der Waals surface area contributed by atoms with Crippen molar-refractivity contribution < 1.29 is 9.84 Å². The van der Waals surface area contributed by atoms with Gasteiger partial charge in [0.25, 0.3) is 0 Å². The maximum Gasteiger partial charge on any atom is 0.0610 e. The van der Waals surface area contributed by atoms with Crippen molar-refractivity contribution in [2.24, 2.45) is 5.92 Å². The summed E-state index contributed by atoms with van der Waals surface area (Å²) in [5, 5.41) is 12.9. The normalized spacial score (nSPS) is 16.4. The lowest BCUT2D eigenvalue weighted by Crippen LogP contribution is -2.49. The maximum absolute atomic E-state index is 9.51. The van der Waals surface area contributed by atoms with Crippen LogP contribution >= 0.6 is 0 Å². The fraction of sp³-hybridized carbons (Fsp3) is 1.00. The number of nitrogens with one attached hydrogen (secondary N) is 1. The Bertz CT molecular complexity index is 221. The van der Waals surface area contributed by atoms with Crippen LogP contribution in [0.15, 0.2) is 0 Å². The molecule has 0 aliphatic carbocycles. The molecule has 0 radical (unpaired) electrons. The Balaban J connectivity index is 3.77. The minimum Gasteiger partial charge on any atom is -0.394 e. The van der Waals surface area contributed by atoms with Gasteiger partial charge in [-0.2, -0.15) is 0 Å². The first-order valence-electron chi connectivity index (χ1n) is 8.43. The van der Waals surface area contributed by atoms with Crippen LogP contribution in [0.3, 0.4) is 0 Å². The van der Waals surface area contributed by atoms with Crippen molar-refractivity contribution in [2.45, 2.75) is 84.7 Å². The van der Waals surface area contributed by atoms with Gasteiger partial charge in [-0.25, -0.2) is 0 Å². The van der Waals surface area contributed by atoms with E-state index in [0.29, 0.717) is 12.0 Å². The number of aliphatic hydroxyl groups is 1. The fourth-order valence-electron chi connectivity index (χ4n) is 2.61. The van der Waals surface area contributed by atoms with E-state index in [-0.39, 0.29) is 12.1 Å². The first-order chi connectivity index (χ1) is 9.47. The Hall–Kier alpha value is -0.120. The molecule has 3 nitrogen and oxygen atoms in total. The summed E-state index contributed by atoms with van der Waals surface area (Å²) in [6.07, 6.45) is 7.03. The molecule has 0 heterocycles. The lowest BCUT2D eigenvalue weighted by molar-refractivity contribution is 0.0795. The van der Waals surface area contributed by atoms with Gasteiger partial charge in [0.2, 0.25) is 0 Å². The lowest BCUT2D eigenvalue weighted by atomic mass is 9.96. The van der Waals surface area contributed by atoms with Crippen LogP contribution in [0.25, 0.3) is 0 Å². The van der Waals surface area contributed by atoms with Crippen molar-refractivity contribution in [3.63, 3.8) is 0 Å². The van der Waals surface area contributed by atoms with Crippen molar-refractivity contribution in [2.75, 3.05) is 19.8 Å². The first-order valence-corrected chi connectivity index (χ1v) is 8.43. The van der Waals surface area contributed by atoms with Crippen molar-refractivity contribution in [3.8, 4) is 0 Å². The van der Waals surface area contributed by atoms with Gasteiger partial charge in [0.15, 0.2) is 0 Å². The molecule has 2 unspecified atom stereocenters. The molecule has 122 valence electrons. The molecule has 0 aromatic carbocycles. The Morgan fingerprint density at radius 2 is 1.90 bits per heavy atom. The monoisotopic (exact) mass is 287 g/mol. The fourth-order valence-corrected chi connectivity index (χ4v) is 2.61. The maximum atomic E-state index is 9.51. The van der Waals surface area contributed by atoms with Crippen LogP contribution in [0.2, 0.25) is 0 Å². The van der Waals surface area contributed by atoms with E-state index in [1.54, 1.807) is 0 Å². The van der Waals surface area contributed by atoms with E-state index in [2.05, 4.69) is 39.9 Å². The minimum absolute atomic E-state index is 0.177. The predicted molar refractivity (Wildman–Crippen MR) is 87.1 cm³/mol. The molecular weight excluding hydrogens is 250 g/mol. The van der Waals surface area contributed by atoms with Gasteiger partial charge in [-0.3, -0.25) is 0 Å². The van der Waals surface area contributed by atoms with Crippen molar-refractivity contribution >= 4 is 0 Å². The number of rotatable bonds is 13. The van der Waals surface area contributed by atoms with Crippen LogP contribution in [-0.2, 0) is 4.74 Å². The first kappa shape index (κ1) is 19.9. The third-order valence-corrected chi connectivity index (χ3v) is 3.90. The molecule has 0 saturated heterocycles. The highest BCUT2D eigenvalue weighted by Crippen LogP contribution is 2.15. The molecule has 0 amide bonds. The number of aliphatic hydroxyl groups excluding tert-OH is 1. The van der Waals surface area contributed by atoms with E-state index in [1.807, 2.05) is 0 Å². The van der Waals surface area contributed by atoms with Gasteiger partial charge >= 0.3 is 0 Å². The molecular formula is C17H37NO2. The Morgan fingerprint density at radius 1 is 1.20 bits per heavy atom. The zero-order valence-electron chi connectivity index (χ0n) is 14.4. The summed E-state index contributed by atoms with van der Waals surface area (Å²) in [7, 11) is 0. The average Bonchev–Trinajstić information content (AvgIpc) is 2.41. The second-order valence-corrected chi connectivity index (χ2v) is 6.61. The van der Waals surface area contributed by atoms with E-state index in [0.717, 1.165) is 26.1 Å². The molecule has 3 heteroatoms. The number of ether oxygens (including phenoxy) is 1. The molecule has 0 fully saturated rings. The summed E-state index contributed by atoms with van der Waals surface area (Å²) in [5.74, 6) is 0.716. The lowest BCUT2D eigenvalue weighted by Gasteiger charge is -2.31. The van der Waals surface area contributed by atoms with E-state index >= 15 is 0 Å². The molecule has 2 atom stereocenters. The molecule has 0 saturated carbocycles. The van der Waals surface area contributed by atoms with Gasteiger partial charge in [-0.1, -0.05) is 47.0 Å². The highest BCUT2D eigenvalue weighted by molar-refractivity contribution is 4.83. The predicted octanol–water partition coefficient (Wildman–Crippen LogP) is 3.75. The van der Waals surface area contributed by atoms with Gasteiger partial charge < -0.3 is 15.2 Å². The largest absolute Gasteiger partial charge is 0.394 e. The van der Waals surface area contributed by atoms with Crippen LogP contribution in [-0.4, -0.2) is 36.5 Å². The average molecular weight is 287 g/mol. The van der Waals surface area contributed by atoms with Gasteiger partial charge in [0.05, 0.1) is 6.61 Å². The highest BCUT2D eigenvalue weighted by Gasteiger charge is 2.23. The second-order valence-electron chi connectivity index (χ2n) is 6.61. The SMILES string of the molecule is CCCCC(CC)COCCCC(C)(CO)NC(C)C. The highest BCUT2D eigenvalue weighted by atomic mass is 16.5. The Morgan fingerprint density at radius 3 is 2.40 bits per heavy atom. The molecule has 0 aromatic rings. The third kappa shape index (κ3) is 9.73. The summed E-state index contributed by atoms with van der Waals surface area (Å²) >= 11 is 0. The van der Waals surface area contributed by atoms with Gasteiger partial charge in [0.1, 0.15) is 0 Å². The molecule has 0 aromatic heterocycles. The zero-order chi connectivity index (χ0) is 15.4. The van der Waals surface area contributed by atoms with Crippen LogP contribution in [0.1, 0.15) is 73.1 Å². The van der Waals surface area contributed by atoms with Crippen molar-refractivity contribution in [1.29, 1.82) is 0 Å². The Labute approximate surface area is 126 Å². The molecule has 2 N–H and O–H groups in total. The topological polar surface area (TPSA) is 41.5 Å². The van der Waals surface area contributed by atoms with Crippen LogP contribution < -0.4 is 5.32 Å². The van der Waals surface area contributed by atoms with E-state index in [1.165, 1.54) is 25.7 Å². The third-order valence-electron chi connectivity index (χ3n) is 3.90. The summed E-state index contributed by atoms with van der Waals surface area (Å²) in [4.78, 5) is 0. The van der Waals surface area contributed by atoms with Crippen LogP contribution in [0, 0.1) is 5.92 Å². The van der Waals surface area contributed by atoms with Gasteiger partial charge in [-0.05, 0) is 32.1 Å². The van der Waals surface area contributed by atoms with Crippen molar-refractivity contribution in [1.82, 2.24) is 5.32 Å². The molecule has 0 spiro atoms. The van der Waals surface area contributed by atoms with E-state index < -0.39 is 0 Å². The number of hydrogen-bond acceptors (Lipinski definition) is 3. The van der Waals surface area contributed by atoms with Crippen LogP contribution in [0.5, 0.6) is 0 Å².